The van der Waals surface area contributed by atoms with Crippen LogP contribution in [0.2, 0.25) is 0 Å². The van der Waals surface area contributed by atoms with E-state index in [0.717, 1.165) is 45.5 Å². The molecule has 4 N–H and O–H groups in total. The standard InChI is InChI=1S/C30H31BrN4O4/c1-19(36)35(16-4-15-32-2)24-11-9-23(10-12-24)33-29(21-6-3-5-20(17-21)7-14-27(37)38)28-25-13-8-22(31)18-26(25)34-30(28)39/h3,5-6,8-13,17-18,32-33H,4,7,14-16H2,1-2H3,(H,34,39)(H,37,38)/b29-28-. The number of hydrogen-bond acceptors (Lipinski definition) is 5. The Bertz CT molecular complexity index is 1420. The van der Waals surface area contributed by atoms with E-state index in [1.165, 1.54) is 0 Å². The number of nitrogens with one attached hydrogen (secondary N) is 3. The van der Waals surface area contributed by atoms with Crippen molar-refractivity contribution in [2.45, 2.75) is 26.2 Å². The van der Waals surface area contributed by atoms with Gasteiger partial charge in [0.1, 0.15) is 0 Å². The van der Waals surface area contributed by atoms with Crippen LogP contribution < -0.4 is 20.9 Å². The molecule has 0 atom stereocenters. The monoisotopic (exact) mass is 590 g/mol. The second-order valence-corrected chi connectivity index (χ2v) is 10.2. The van der Waals surface area contributed by atoms with Crippen molar-refractivity contribution in [2.24, 2.45) is 0 Å². The summed E-state index contributed by atoms with van der Waals surface area (Å²) in [5.74, 6) is -1.12. The van der Waals surface area contributed by atoms with Gasteiger partial charge < -0.3 is 26.0 Å². The van der Waals surface area contributed by atoms with Gasteiger partial charge in [-0.1, -0.05) is 40.2 Å². The van der Waals surface area contributed by atoms with Crippen molar-refractivity contribution in [1.82, 2.24) is 5.32 Å². The molecule has 4 rings (SSSR count). The maximum Gasteiger partial charge on any atom is 0.303 e. The fourth-order valence-electron chi connectivity index (χ4n) is 4.56. The summed E-state index contributed by atoms with van der Waals surface area (Å²) in [4.78, 5) is 38.4. The maximum atomic E-state index is 13.2. The molecule has 202 valence electrons. The minimum Gasteiger partial charge on any atom is -0.481 e. The Labute approximate surface area is 236 Å². The minimum absolute atomic E-state index is 0.0164. The van der Waals surface area contributed by atoms with E-state index in [-0.39, 0.29) is 18.2 Å². The predicted octanol–water partition coefficient (Wildman–Crippen LogP) is 5.36. The van der Waals surface area contributed by atoms with Gasteiger partial charge in [-0.2, -0.15) is 0 Å². The molecule has 2 amide bonds. The molecule has 0 bridgehead atoms. The summed E-state index contributed by atoms with van der Waals surface area (Å²) < 4.78 is 0.855. The molecule has 3 aromatic rings. The van der Waals surface area contributed by atoms with Crippen LogP contribution in [0.1, 0.15) is 36.5 Å². The number of rotatable bonds is 11. The molecule has 0 unspecified atom stereocenters. The number of benzene rings is 3. The highest BCUT2D eigenvalue weighted by Crippen LogP contribution is 2.39. The number of halogens is 1. The number of carbonyl (C=O) groups is 3. The number of fused-ring (bicyclic) bond motifs is 1. The van der Waals surface area contributed by atoms with Crippen LogP contribution in [-0.4, -0.2) is 43.0 Å². The van der Waals surface area contributed by atoms with E-state index in [1.54, 1.807) is 11.8 Å². The Morgan fingerprint density at radius 3 is 2.51 bits per heavy atom. The number of carboxylic acids is 1. The highest BCUT2D eigenvalue weighted by Gasteiger charge is 2.28. The van der Waals surface area contributed by atoms with Gasteiger partial charge in [-0.15, -0.1) is 0 Å². The van der Waals surface area contributed by atoms with Crippen molar-refractivity contribution in [1.29, 1.82) is 0 Å². The summed E-state index contributed by atoms with van der Waals surface area (Å²) in [7, 11) is 1.88. The number of aliphatic carboxylic acids is 1. The summed E-state index contributed by atoms with van der Waals surface area (Å²) in [5, 5.41) is 18.6. The molecule has 0 saturated heterocycles. The summed E-state index contributed by atoms with van der Waals surface area (Å²) in [6, 6.07) is 20.7. The molecule has 0 spiro atoms. The van der Waals surface area contributed by atoms with Crippen LogP contribution in [0.25, 0.3) is 11.3 Å². The van der Waals surface area contributed by atoms with E-state index < -0.39 is 5.97 Å². The molecule has 0 saturated carbocycles. The Hall–Kier alpha value is -3.95. The average Bonchev–Trinajstić information content (AvgIpc) is 3.23. The molecule has 0 aromatic heterocycles. The van der Waals surface area contributed by atoms with Gasteiger partial charge in [-0.25, -0.2) is 0 Å². The summed E-state index contributed by atoms with van der Waals surface area (Å²) in [6.45, 7) is 2.97. The number of hydrogen-bond donors (Lipinski definition) is 4. The van der Waals surface area contributed by atoms with E-state index in [2.05, 4.69) is 31.9 Å². The SMILES string of the molecule is CNCCCN(C(C)=O)c1ccc(N/C(=C2\C(=O)Nc3cc(Br)ccc32)c2cccc(CCC(=O)O)c2)cc1. The smallest absolute Gasteiger partial charge is 0.303 e. The number of carbonyl (C=O) groups excluding carboxylic acids is 2. The Morgan fingerprint density at radius 2 is 1.82 bits per heavy atom. The van der Waals surface area contributed by atoms with Gasteiger partial charge in [-0.05, 0) is 80.0 Å². The van der Waals surface area contributed by atoms with Crippen molar-refractivity contribution < 1.29 is 19.5 Å². The quantitative estimate of drug-likeness (QED) is 0.177. The summed E-state index contributed by atoms with van der Waals surface area (Å²) in [5.41, 5.74) is 5.74. The van der Waals surface area contributed by atoms with Gasteiger partial charge in [0.2, 0.25) is 5.91 Å². The lowest BCUT2D eigenvalue weighted by molar-refractivity contribution is -0.137. The lowest BCUT2D eigenvalue weighted by Gasteiger charge is -2.22. The number of nitrogens with zero attached hydrogens (tertiary/aromatic N) is 1. The van der Waals surface area contributed by atoms with E-state index in [4.69, 9.17) is 5.11 Å². The van der Waals surface area contributed by atoms with E-state index in [9.17, 15) is 14.4 Å². The molecular formula is C30H31BrN4O4. The van der Waals surface area contributed by atoms with Gasteiger partial charge >= 0.3 is 5.97 Å². The van der Waals surface area contributed by atoms with Crippen molar-refractivity contribution in [3.05, 3.63) is 87.9 Å². The maximum absolute atomic E-state index is 13.2. The molecule has 0 fully saturated rings. The number of amides is 2. The molecule has 39 heavy (non-hydrogen) atoms. The number of aryl methyl sites for hydroxylation is 1. The van der Waals surface area contributed by atoms with Crippen molar-refractivity contribution in [3.63, 3.8) is 0 Å². The normalized spacial score (nSPS) is 13.5. The molecule has 9 heteroatoms. The fraction of sp³-hybridized carbons (Fsp3) is 0.233. The topological polar surface area (TPSA) is 111 Å². The van der Waals surface area contributed by atoms with Crippen molar-refractivity contribution >= 4 is 62.0 Å². The van der Waals surface area contributed by atoms with Gasteiger partial charge in [0, 0.05) is 41.3 Å². The molecule has 8 nitrogen and oxygen atoms in total. The third kappa shape index (κ3) is 6.93. The molecule has 0 radical (unpaired) electrons. The number of carboxylic acid groups (broad SMARTS) is 1. The first-order valence-corrected chi connectivity index (χ1v) is 13.5. The van der Waals surface area contributed by atoms with Gasteiger partial charge in [0.25, 0.3) is 5.91 Å². The van der Waals surface area contributed by atoms with Crippen molar-refractivity contribution in [2.75, 3.05) is 35.7 Å². The van der Waals surface area contributed by atoms with E-state index in [0.29, 0.717) is 29.9 Å². The highest BCUT2D eigenvalue weighted by atomic mass is 79.9. The van der Waals surface area contributed by atoms with Crippen LogP contribution in [0.15, 0.2) is 71.2 Å². The zero-order chi connectivity index (χ0) is 27.9. The van der Waals surface area contributed by atoms with Crippen molar-refractivity contribution in [3.8, 4) is 0 Å². The van der Waals surface area contributed by atoms with Crippen LogP contribution in [0.4, 0.5) is 17.1 Å². The molecule has 3 aromatic carbocycles. The fourth-order valence-corrected chi connectivity index (χ4v) is 4.92. The Balaban J connectivity index is 1.73. The van der Waals surface area contributed by atoms with Gasteiger partial charge in [0.05, 0.1) is 17.0 Å². The first-order chi connectivity index (χ1) is 18.8. The second kappa shape index (κ2) is 12.7. The Morgan fingerprint density at radius 1 is 1.05 bits per heavy atom. The molecule has 1 aliphatic rings. The average molecular weight is 592 g/mol. The van der Waals surface area contributed by atoms with Crippen LogP contribution in [0.3, 0.4) is 0 Å². The molecule has 1 aliphatic heterocycles. The zero-order valence-electron chi connectivity index (χ0n) is 21.9. The predicted molar refractivity (Wildman–Crippen MR) is 159 cm³/mol. The van der Waals surface area contributed by atoms with Crippen LogP contribution in [0.5, 0.6) is 0 Å². The van der Waals surface area contributed by atoms with Crippen LogP contribution in [-0.2, 0) is 20.8 Å². The molecule has 0 aliphatic carbocycles. The first-order valence-electron chi connectivity index (χ1n) is 12.7. The molecule has 1 heterocycles. The largest absolute Gasteiger partial charge is 0.481 e. The second-order valence-electron chi connectivity index (χ2n) is 9.29. The highest BCUT2D eigenvalue weighted by molar-refractivity contribution is 9.10. The minimum atomic E-state index is -0.863. The third-order valence-corrected chi connectivity index (χ3v) is 6.95. The van der Waals surface area contributed by atoms with Gasteiger partial charge in [0.15, 0.2) is 0 Å². The zero-order valence-corrected chi connectivity index (χ0v) is 23.5. The molecular weight excluding hydrogens is 560 g/mol. The van der Waals surface area contributed by atoms with E-state index in [1.807, 2.05) is 73.8 Å². The third-order valence-electron chi connectivity index (χ3n) is 6.46. The number of anilines is 3. The lowest BCUT2D eigenvalue weighted by Crippen LogP contribution is -2.31. The first kappa shape index (κ1) is 28.1. The van der Waals surface area contributed by atoms with E-state index >= 15 is 0 Å². The summed E-state index contributed by atoms with van der Waals surface area (Å²) in [6.07, 6.45) is 1.22. The van der Waals surface area contributed by atoms with Gasteiger partial charge in [-0.3, -0.25) is 14.4 Å². The Kier molecular flexibility index (Phi) is 9.16. The lowest BCUT2D eigenvalue weighted by atomic mass is 9.97. The summed E-state index contributed by atoms with van der Waals surface area (Å²) >= 11 is 3.46. The van der Waals surface area contributed by atoms with Crippen LogP contribution in [0, 0.1) is 0 Å². The van der Waals surface area contributed by atoms with Crippen LogP contribution >= 0.6 is 15.9 Å².